The van der Waals surface area contributed by atoms with Gasteiger partial charge in [0.25, 0.3) is 0 Å². The first-order chi connectivity index (χ1) is 8.49. The first kappa shape index (κ1) is 13.9. The number of aliphatic hydroxyl groups is 1. The second-order valence-electron chi connectivity index (χ2n) is 3.69. The van der Waals surface area contributed by atoms with Crippen molar-refractivity contribution in [2.75, 3.05) is 0 Å². The first-order valence-corrected chi connectivity index (χ1v) is 7.08. The van der Waals surface area contributed by atoms with Crippen LogP contribution in [0.25, 0.3) is 0 Å². The summed E-state index contributed by atoms with van der Waals surface area (Å²) in [7, 11) is 0. The molecule has 0 radical (unpaired) electrons. The molecule has 1 atom stereocenters. The molecule has 6 heteroatoms. The molecule has 0 aliphatic carbocycles. The van der Waals surface area contributed by atoms with Crippen molar-refractivity contribution < 1.29 is 13.9 Å². The third kappa shape index (κ3) is 2.91. The molecule has 1 N–H and O–H groups in total. The molecule has 2 rings (SSSR count). The lowest BCUT2D eigenvalue weighted by molar-refractivity contribution is 0.169. The van der Waals surface area contributed by atoms with Crippen LogP contribution in [0.1, 0.15) is 16.5 Å². The van der Waals surface area contributed by atoms with Gasteiger partial charge in [0.15, 0.2) is 0 Å². The monoisotopic (exact) mass is 352 g/mol. The summed E-state index contributed by atoms with van der Waals surface area (Å²) in [6.45, 7) is 0. The van der Waals surface area contributed by atoms with Gasteiger partial charge in [-0.1, -0.05) is 27.5 Å². The van der Waals surface area contributed by atoms with Crippen molar-refractivity contribution in [1.29, 1.82) is 0 Å². The van der Waals surface area contributed by atoms with Gasteiger partial charge in [-0.25, -0.2) is 8.78 Å². The second kappa shape index (κ2) is 5.65. The minimum absolute atomic E-state index is 0.0893. The molecule has 0 aliphatic rings. The molecule has 1 unspecified atom stereocenters. The lowest BCUT2D eigenvalue weighted by Crippen LogP contribution is -2.07. The summed E-state index contributed by atoms with van der Waals surface area (Å²) in [6.07, 6.45) is -1.17. The smallest absolute Gasteiger partial charge is 0.133 e. The van der Waals surface area contributed by atoms with E-state index in [1.54, 1.807) is 11.4 Å². The largest absolute Gasteiger partial charge is 0.388 e. The van der Waals surface area contributed by atoms with Crippen molar-refractivity contribution in [1.82, 2.24) is 0 Å². The SMILES string of the molecule is OC(Cc1sccc1Cl)c1c(F)cc(Br)cc1F. The van der Waals surface area contributed by atoms with E-state index in [0.717, 1.165) is 12.1 Å². The van der Waals surface area contributed by atoms with Crippen LogP contribution in [0.15, 0.2) is 28.1 Å². The van der Waals surface area contributed by atoms with E-state index in [0.29, 0.717) is 14.4 Å². The number of aliphatic hydroxyl groups excluding tert-OH is 1. The second-order valence-corrected chi connectivity index (χ2v) is 6.02. The molecule has 1 nitrogen and oxygen atoms in total. The van der Waals surface area contributed by atoms with Gasteiger partial charge in [-0.3, -0.25) is 0 Å². The van der Waals surface area contributed by atoms with E-state index < -0.39 is 17.7 Å². The van der Waals surface area contributed by atoms with Gasteiger partial charge in [-0.2, -0.15) is 0 Å². The van der Waals surface area contributed by atoms with Crippen molar-refractivity contribution in [3.63, 3.8) is 0 Å². The highest BCUT2D eigenvalue weighted by molar-refractivity contribution is 9.10. The highest BCUT2D eigenvalue weighted by atomic mass is 79.9. The number of rotatable bonds is 3. The summed E-state index contributed by atoms with van der Waals surface area (Å²) in [5.41, 5.74) is -0.331. The Morgan fingerprint density at radius 2 is 1.94 bits per heavy atom. The van der Waals surface area contributed by atoms with Gasteiger partial charge in [0, 0.05) is 15.8 Å². The molecule has 2 aromatic rings. The highest BCUT2D eigenvalue weighted by Gasteiger charge is 2.20. The summed E-state index contributed by atoms with van der Waals surface area (Å²) >= 11 is 10.2. The number of halogens is 4. The van der Waals surface area contributed by atoms with Crippen molar-refractivity contribution >= 4 is 38.9 Å². The van der Waals surface area contributed by atoms with Crippen LogP contribution >= 0.6 is 38.9 Å². The van der Waals surface area contributed by atoms with E-state index in [-0.39, 0.29) is 12.0 Å². The van der Waals surface area contributed by atoms with Crippen LogP contribution in [-0.2, 0) is 6.42 Å². The van der Waals surface area contributed by atoms with Crippen LogP contribution in [0.4, 0.5) is 8.78 Å². The number of benzene rings is 1. The molecule has 0 amide bonds. The maximum Gasteiger partial charge on any atom is 0.133 e. The van der Waals surface area contributed by atoms with E-state index in [4.69, 9.17) is 11.6 Å². The third-order valence-electron chi connectivity index (χ3n) is 2.45. The van der Waals surface area contributed by atoms with Gasteiger partial charge in [-0.05, 0) is 23.6 Å². The maximum absolute atomic E-state index is 13.6. The lowest BCUT2D eigenvalue weighted by atomic mass is 10.0. The zero-order valence-electron chi connectivity index (χ0n) is 8.96. The Hall–Kier alpha value is -0.490. The molecule has 1 heterocycles. The van der Waals surface area contributed by atoms with E-state index >= 15 is 0 Å². The van der Waals surface area contributed by atoms with Crippen LogP contribution < -0.4 is 0 Å². The first-order valence-electron chi connectivity index (χ1n) is 5.03. The Morgan fingerprint density at radius 3 is 2.44 bits per heavy atom. The zero-order valence-corrected chi connectivity index (χ0v) is 12.1. The predicted molar refractivity (Wildman–Crippen MR) is 72.1 cm³/mol. The van der Waals surface area contributed by atoms with Crippen molar-refractivity contribution in [3.8, 4) is 0 Å². The summed E-state index contributed by atoms with van der Waals surface area (Å²) in [5, 5.41) is 12.2. The third-order valence-corrected chi connectivity index (χ3v) is 4.31. The normalized spacial score (nSPS) is 12.7. The molecule has 0 saturated heterocycles. The van der Waals surface area contributed by atoms with Gasteiger partial charge in [0.1, 0.15) is 11.6 Å². The molecule has 0 saturated carbocycles. The summed E-state index contributed by atoms with van der Waals surface area (Å²) < 4.78 is 27.6. The fraction of sp³-hybridized carbons (Fsp3) is 0.167. The molecule has 0 bridgehead atoms. The number of hydrogen-bond donors (Lipinski definition) is 1. The van der Waals surface area contributed by atoms with Gasteiger partial charge >= 0.3 is 0 Å². The Balaban J connectivity index is 2.29. The minimum atomic E-state index is -1.26. The fourth-order valence-corrected chi connectivity index (χ4v) is 3.17. The topological polar surface area (TPSA) is 20.2 Å². The van der Waals surface area contributed by atoms with Crippen molar-refractivity contribution in [2.24, 2.45) is 0 Å². The van der Waals surface area contributed by atoms with Crippen molar-refractivity contribution in [3.05, 3.63) is 55.1 Å². The Morgan fingerprint density at radius 1 is 1.33 bits per heavy atom. The summed E-state index contributed by atoms with van der Waals surface area (Å²) in [5.74, 6) is -1.55. The molecule has 1 aromatic carbocycles. The molecular formula is C12H8BrClF2OS. The van der Waals surface area contributed by atoms with Gasteiger partial charge < -0.3 is 5.11 Å². The van der Waals surface area contributed by atoms with E-state index in [1.807, 2.05) is 0 Å². The molecule has 0 aliphatic heterocycles. The fourth-order valence-electron chi connectivity index (χ4n) is 1.62. The van der Waals surface area contributed by atoms with Crippen LogP contribution in [0.2, 0.25) is 5.02 Å². The van der Waals surface area contributed by atoms with Crippen LogP contribution in [0, 0.1) is 11.6 Å². The average Bonchev–Trinajstić information content (AvgIpc) is 2.62. The maximum atomic E-state index is 13.6. The summed E-state index contributed by atoms with van der Waals surface area (Å²) in [4.78, 5) is 0.700. The van der Waals surface area contributed by atoms with E-state index in [1.165, 1.54) is 11.3 Å². The van der Waals surface area contributed by atoms with Crippen LogP contribution in [-0.4, -0.2) is 5.11 Å². The Bertz CT molecular complexity index is 550. The number of thiophene rings is 1. The average molecular weight is 354 g/mol. The van der Waals surface area contributed by atoms with Gasteiger partial charge in [0.2, 0.25) is 0 Å². The molecule has 0 fully saturated rings. The predicted octanol–water partition coefficient (Wildman–Crippen LogP) is 4.72. The molecule has 1 aromatic heterocycles. The molecule has 0 spiro atoms. The van der Waals surface area contributed by atoms with E-state index in [9.17, 15) is 13.9 Å². The number of hydrogen-bond acceptors (Lipinski definition) is 2. The lowest BCUT2D eigenvalue weighted by Gasteiger charge is -2.12. The van der Waals surface area contributed by atoms with Crippen LogP contribution in [0.3, 0.4) is 0 Å². The quantitative estimate of drug-likeness (QED) is 0.846. The van der Waals surface area contributed by atoms with Gasteiger partial charge in [-0.15, -0.1) is 11.3 Å². The zero-order chi connectivity index (χ0) is 13.3. The van der Waals surface area contributed by atoms with Crippen molar-refractivity contribution in [2.45, 2.75) is 12.5 Å². The Labute approximate surface area is 120 Å². The van der Waals surface area contributed by atoms with E-state index in [2.05, 4.69) is 15.9 Å². The molecule has 96 valence electrons. The Kier molecular flexibility index (Phi) is 4.37. The molecular weight excluding hydrogens is 346 g/mol. The highest BCUT2D eigenvalue weighted by Crippen LogP contribution is 2.31. The van der Waals surface area contributed by atoms with Gasteiger partial charge in [0.05, 0.1) is 16.7 Å². The standard InChI is InChI=1S/C12H8BrClF2OS/c13-6-3-8(15)12(9(16)4-6)10(17)5-11-7(14)1-2-18-11/h1-4,10,17H,5H2. The van der Waals surface area contributed by atoms with Crippen LogP contribution in [0.5, 0.6) is 0 Å². The molecule has 18 heavy (non-hydrogen) atoms. The minimum Gasteiger partial charge on any atom is -0.388 e. The summed E-state index contributed by atoms with van der Waals surface area (Å²) in [6, 6.07) is 3.93.